The maximum absolute atomic E-state index is 12.6. The van der Waals surface area contributed by atoms with Gasteiger partial charge in [-0.1, -0.05) is 6.92 Å². The van der Waals surface area contributed by atoms with Gasteiger partial charge in [-0.2, -0.15) is 0 Å². The first-order chi connectivity index (χ1) is 9.99. The second-order valence-electron chi connectivity index (χ2n) is 4.65. The van der Waals surface area contributed by atoms with Crippen molar-refractivity contribution < 1.29 is 24.5 Å². The fourth-order valence-electron chi connectivity index (χ4n) is 2.30. The number of hydrogen-bond acceptors (Lipinski definition) is 5. The van der Waals surface area contributed by atoms with Crippen LogP contribution in [-0.4, -0.2) is 51.3 Å². The van der Waals surface area contributed by atoms with Gasteiger partial charge in [0.2, 0.25) is 0 Å². The Morgan fingerprint density at radius 2 is 2.19 bits per heavy atom. The average Bonchev–Trinajstić information content (AvgIpc) is 2.90. The van der Waals surface area contributed by atoms with E-state index >= 15 is 0 Å². The molecule has 0 radical (unpaired) electrons. The van der Waals surface area contributed by atoms with Gasteiger partial charge >= 0.3 is 5.97 Å². The van der Waals surface area contributed by atoms with E-state index in [0.29, 0.717) is 17.9 Å². The molecule has 0 aromatic heterocycles. The van der Waals surface area contributed by atoms with Crippen molar-refractivity contribution in [3.05, 3.63) is 23.8 Å². The molecule has 0 spiro atoms. The molecule has 21 heavy (non-hydrogen) atoms. The van der Waals surface area contributed by atoms with Crippen LogP contribution in [0, 0.1) is 0 Å². The monoisotopic (exact) mass is 311 g/mol. The summed E-state index contributed by atoms with van der Waals surface area (Å²) in [5, 5.41) is 19.0. The van der Waals surface area contributed by atoms with Crippen LogP contribution in [0.3, 0.4) is 0 Å². The van der Waals surface area contributed by atoms with E-state index in [1.807, 2.05) is 6.92 Å². The van der Waals surface area contributed by atoms with Crippen molar-refractivity contribution >= 4 is 23.6 Å². The number of phenols is 1. The maximum atomic E-state index is 12.6. The molecule has 114 valence electrons. The van der Waals surface area contributed by atoms with Crippen molar-refractivity contribution in [2.24, 2.45) is 0 Å². The minimum atomic E-state index is -1.03. The zero-order valence-corrected chi connectivity index (χ0v) is 12.6. The second kappa shape index (κ2) is 6.26. The van der Waals surface area contributed by atoms with Gasteiger partial charge in [0.15, 0.2) is 0 Å². The number of methoxy groups -OCH3 is 1. The molecule has 0 saturated carbocycles. The number of hydrogen-bond donors (Lipinski definition) is 2. The number of carboxylic acid groups (broad SMARTS) is 1. The number of carbonyl (C=O) groups excluding carboxylic acids is 1. The Balaban J connectivity index is 2.34. The van der Waals surface area contributed by atoms with Crippen molar-refractivity contribution in [1.29, 1.82) is 0 Å². The summed E-state index contributed by atoms with van der Waals surface area (Å²) in [6.45, 7) is 1.90. The summed E-state index contributed by atoms with van der Waals surface area (Å²) in [4.78, 5) is 25.2. The molecule has 2 N–H and O–H groups in total. The third-order valence-electron chi connectivity index (χ3n) is 3.40. The molecule has 1 saturated heterocycles. The van der Waals surface area contributed by atoms with Gasteiger partial charge in [0.1, 0.15) is 17.5 Å². The van der Waals surface area contributed by atoms with E-state index in [0.717, 1.165) is 0 Å². The van der Waals surface area contributed by atoms with Crippen molar-refractivity contribution in [3.63, 3.8) is 0 Å². The molecule has 1 aromatic carbocycles. The topological polar surface area (TPSA) is 87.1 Å². The second-order valence-corrected chi connectivity index (χ2v) is 5.86. The van der Waals surface area contributed by atoms with E-state index in [2.05, 4.69) is 0 Å². The summed E-state index contributed by atoms with van der Waals surface area (Å²) in [6, 6.07) is 3.49. The summed E-state index contributed by atoms with van der Waals surface area (Å²) < 4.78 is 4.97. The van der Waals surface area contributed by atoms with Crippen LogP contribution in [0.25, 0.3) is 0 Å². The lowest BCUT2D eigenvalue weighted by molar-refractivity contribution is -0.141. The molecule has 1 aromatic rings. The van der Waals surface area contributed by atoms with Gasteiger partial charge in [0.25, 0.3) is 5.91 Å². The Hall–Kier alpha value is -1.89. The number of benzene rings is 1. The van der Waals surface area contributed by atoms with E-state index in [1.54, 1.807) is 6.07 Å². The maximum Gasteiger partial charge on any atom is 0.327 e. The zero-order chi connectivity index (χ0) is 15.6. The quantitative estimate of drug-likeness (QED) is 0.881. The highest BCUT2D eigenvalue weighted by atomic mass is 32.2. The molecule has 1 aliphatic heterocycles. The summed E-state index contributed by atoms with van der Waals surface area (Å²) in [5.41, 5.74) is 0.0861. The minimum Gasteiger partial charge on any atom is -0.507 e. The lowest BCUT2D eigenvalue weighted by Gasteiger charge is -2.27. The number of amides is 1. The van der Waals surface area contributed by atoms with Crippen molar-refractivity contribution in [2.45, 2.75) is 24.8 Å². The number of aliphatic carboxylic acids is 1. The number of rotatable bonds is 4. The van der Waals surface area contributed by atoms with Crippen LogP contribution in [0.2, 0.25) is 0 Å². The number of carboxylic acids is 1. The van der Waals surface area contributed by atoms with Gasteiger partial charge in [0, 0.05) is 11.8 Å². The molecule has 6 nitrogen and oxygen atoms in total. The smallest absolute Gasteiger partial charge is 0.327 e. The molecule has 2 rings (SSSR count). The highest BCUT2D eigenvalue weighted by Gasteiger charge is 2.41. The van der Waals surface area contributed by atoms with Gasteiger partial charge in [-0.05, 0) is 18.6 Å². The number of ether oxygens (including phenoxy) is 1. The summed E-state index contributed by atoms with van der Waals surface area (Å²) in [7, 11) is 1.46. The number of nitrogens with zero attached hydrogens (tertiary/aromatic N) is 1. The highest BCUT2D eigenvalue weighted by Crippen LogP contribution is 2.34. The summed E-state index contributed by atoms with van der Waals surface area (Å²) in [5.74, 6) is -0.924. The Labute approximate surface area is 126 Å². The largest absolute Gasteiger partial charge is 0.507 e. The van der Waals surface area contributed by atoms with Crippen molar-refractivity contribution in [1.82, 2.24) is 4.90 Å². The fraction of sp³-hybridized carbons (Fsp3) is 0.429. The van der Waals surface area contributed by atoms with Gasteiger partial charge in [0.05, 0.1) is 18.0 Å². The SMILES string of the molecule is CCC1SCC(C(=O)O)N1C(=O)c1ccc(OC)cc1O. The van der Waals surface area contributed by atoms with Crippen molar-refractivity contribution in [3.8, 4) is 11.5 Å². The molecule has 1 amide bonds. The standard InChI is InChI=1S/C14H17NO5S/c1-3-12-15(10(7-21-12)14(18)19)13(17)9-5-4-8(20-2)6-11(9)16/h4-6,10,12,16H,3,7H2,1-2H3,(H,18,19). The molecule has 1 heterocycles. The Kier molecular flexibility index (Phi) is 4.62. The predicted octanol–water partition coefficient (Wildman–Crippen LogP) is 1.78. The van der Waals surface area contributed by atoms with Crippen molar-refractivity contribution in [2.75, 3.05) is 12.9 Å². The van der Waals surface area contributed by atoms with Crippen LogP contribution >= 0.6 is 11.8 Å². The number of carbonyl (C=O) groups is 2. The summed E-state index contributed by atoms with van der Waals surface area (Å²) in [6.07, 6.45) is 0.650. The van der Waals surface area contributed by atoms with Crippen LogP contribution in [0.1, 0.15) is 23.7 Å². The number of aromatic hydroxyl groups is 1. The molecule has 2 atom stereocenters. The van der Waals surface area contributed by atoms with E-state index in [-0.39, 0.29) is 16.7 Å². The van der Waals surface area contributed by atoms with E-state index in [9.17, 15) is 19.8 Å². The van der Waals surface area contributed by atoms with E-state index in [1.165, 1.54) is 35.9 Å². The van der Waals surface area contributed by atoms with Crippen LogP contribution in [0.5, 0.6) is 11.5 Å². The first-order valence-electron chi connectivity index (χ1n) is 6.53. The first kappa shape index (κ1) is 15.5. The Bertz CT molecular complexity index is 562. The average molecular weight is 311 g/mol. The third kappa shape index (κ3) is 2.92. The van der Waals surface area contributed by atoms with Crippen LogP contribution in [0.4, 0.5) is 0 Å². The Morgan fingerprint density at radius 3 is 2.71 bits per heavy atom. The summed E-state index contributed by atoms with van der Waals surface area (Å²) >= 11 is 1.44. The fourth-order valence-corrected chi connectivity index (χ4v) is 3.65. The van der Waals surface area contributed by atoms with E-state index < -0.39 is 17.9 Å². The lowest BCUT2D eigenvalue weighted by Crippen LogP contribution is -2.45. The molecular weight excluding hydrogens is 294 g/mol. The van der Waals surface area contributed by atoms with Crippen LogP contribution < -0.4 is 4.74 Å². The normalized spacial score (nSPS) is 21.3. The Morgan fingerprint density at radius 1 is 1.48 bits per heavy atom. The molecule has 2 unspecified atom stereocenters. The van der Waals surface area contributed by atoms with Gasteiger partial charge in [-0.25, -0.2) is 4.79 Å². The third-order valence-corrected chi connectivity index (χ3v) is 4.85. The highest BCUT2D eigenvalue weighted by molar-refractivity contribution is 8.00. The molecule has 0 bridgehead atoms. The first-order valence-corrected chi connectivity index (χ1v) is 7.58. The molecule has 0 aliphatic carbocycles. The minimum absolute atomic E-state index is 0.0861. The molecule has 1 fully saturated rings. The zero-order valence-electron chi connectivity index (χ0n) is 11.8. The van der Waals surface area contributed by atoms with Gasteiger partial charge < -0.3 is 19.8 Å². The van der Waals surface area contributed by atoms with Gasteiger partial charge in [-0.3, -0.25) is 4.79 Å². The van der Waals surface area contributed by atoms with E-state index in [4.69, 9.17) is 4.74 Å². The molecule has 1 aliphatic rings. The molecule has 7 heteroatoms. The predicted molar refractivity (Wildman–Crippen MR) is 78.8 cm³/mol. The lowest BCUT2D eigenvalue weighted by atomic mass is 10.1. The van der Waals surface area contributed by atoms with Gasteiger partial charge in [-0.15, -0.1) is 11.8 Å². The van der Waals surface area contributed by atoms with Crippen LogP contribution in [0.15, 0.2) is 18.2 Å². The van der Waals surface area contributed by atoms with Crippen LogP contribution in [-0.2, 0) is 4.79 Å². The number of phenolic OH excluding ortho intramolecular Hbond substituents is 1. The molecular formula is C14H17NO5S. The number of thioether (sulfide) groups is 1.